The van der Waals surface area contributed by atoms with Crippen molar-refractivity contribution < 1.29 is 9.90 Å². The highest BCUT2D eigenvalue weighted by Crippen LogP contribution is 2.46. The van der Waals surface area contributed by atoms with Crippen LogP contribution in [-0.4, -0.2) is 28.9 Å². The molecule has 0 saturated heterocycles. The molecule has 4 heteroatoms. The average molecular weight is 243 g/mol. The molecular weight excluding hydrogens is 222 g/mol. The van der Waals surface area contributed by atoms with E-state index in [4.69, 9.17) is 0 Å². The molecule has 2 atom stereocenters. The smallest absolute Gasteiger partial charge is 0.220 e. The minimum absolute atomic E-state index is 0.00125. The van der Waals surface area contributed by atoms with Crippen molar-refractivity contribution in [1.82, 2.24) is 5.32 Å². The van der Waals surface area contributed by atoms with Crippen molar-refractivity contribution in [2.45, 2.75) is 44.1 Å². The predicted molar refractivity (Wildman–Crippen MR) is 66.5 cm³/mol. The van der Waals surface area contributed by atoms with Crippen molar-refractivity contribution in [3.63, 3.8) is 0 Å². The summed E-state index contributed by atoms with van der Waals surface area (Å²) in [5.74, 6) is 1.94. The Labute approximate surface area is 102 Å². The van der Waals surface area contributed by atoms with Gasteiger partial charge in [-0.15, -0.1) is 0 Å². The van der Waals surface area contributed by atoms with E-state index in [1.807, 2.05) is 0 Å². The van der Waals surface area contributed by atoms with Gasteiger partial charge in [-0.2, -0.15) is 12.6 Å². The van der Waals surface area contributed by atoms with Crippen molar-refractivity contribution in [3.05, 3.63) is 0 Å². The summed E-state index contributed by atoms with van der Waals surface area (Å²) in [6.07, 6.45) is 5.98. The molecule has 0 aromatic rings. The van der Waals surface area contributed by atoms with Crippen molar-refractivity contribution >= 4 is 18.5 Å². The van der Waals surface area contributed by atoms with Gasteiger partial charge in [0.25, 0.3) is 0 Å². The number of rotatable bonds is 4. The van der Waals surface area contributed by atoms with E-state index in [-0.39, 0.29) is 5.91 Å². The maximum absolute atomic E-state index is 11.3. The Morgan fingerprint density at radius 1 is 1.38 bits per heavy atom. The lowest BCUT2D eigenvalue weighted by Gasteiger charge is -2.36. The minimum Gasteiger partial charge on any atom is -0.388 e. The van der Waals surface area contributed by atoms with E-state index in [0.717, 1.165) is 12.8 Å². The van der Waals surface area contributed by atoms with Crippen LogP contribution in [0.5, 0.6) is 0 Å². The van der Waals surface area contributed by atoms with E-state index in [9.17, 15) is 9.90 Å². The summed E-state index contributed by atoms with van der Waals surface area (Å²) in [6, 6.07) is 0. The number of nitrogens with one attached hydrogen (secondary N) is 1. The van der Waals surface area contributed by atoms with Gasteiger partial charge in [0.1, 0.15) is 0 Å². The number of fused-ring (bicyclic) bond motifs is 2. The first-order chi connectivity index (χ1) is 7.61. The molecule has 0 aromatic carbocycles. The lowest BCUT2D eigenvalue weighted by Crippen LogP contribution is -2.46. The highest BCUT2D eigenvalue weighted by molar-refractivity contribution is 7.80. The summed E-state index contributed by atoms with van der Waals surface area (Å²) in [4.78, 5) is 11.3. The lowest BCUT2D eigenvalue weighted by molar-refractivity contribution is -0.122. The van der Waals surface area contributed by atoms with Crippen LogP contribution in [0.15, 0.2) is 0 Å². The van der Waals surface area contributed by atoms with E-state index < -0.39 is 5.60 Å². The van der Waals surface area contributed by atoms with E-state index in [1.165, 1.54) is 19.3 Å². The molecule has 0 radical (unpaired) electrons. The standard InChI is InChI=1S/C12H21NO2S/c14-11(3-4-16)13-8-12(15)6-9-1-2-10(5-9)7-12/h9-10,15-16H,1-8H2,(H,13,14). The van der Waals surface area contributed by atoms with Crippen LogP contribution in [0, 0.1) is 11.8 Å². The number of hydrogen-bond donors (Lipinski definition) is 3. The Morgan fingerprint density at radius 2 is 2.00 bits per heavy atom. The molecule has 2 saturated carbocycles. The van der Waals surface area contributed by atoms with Crippen LogP contribution in [0.2, 0.25) is 0 Å². The molecule has 2 N–H and O–H groups in total. The van der Waals surface area contributed by atoms with Crippen LogP contribution in [0.25, 0.3) is 0 Å². The highest BCUT2D eigenvalue weighted by Gasteiger charge is 2.42. The van der Waals surface area contributed by atoms with Crippen molar-refractivity contribution in [3.8, 4) is 0 Å². The van der Waals surface area contributed by atoms with Gasteiger partial charge in [0, 0.05) is 13.0 Å². The Balaban J connectivity index is 1.82. The number of carbonyl (C=O) groups is 1. The van der Waals surface area contributed by atoms with Gasteiger partial charge in [0.15, 0.2) is 0 Å². The van der Waals surface area contributed by atoms with Gasteiger partial charge in [0.2, 0.25) is 5.91 Å². The second-order valence-electron chi connectivity index (χ2n) is 5.43. The van der Waals surface area contributed by atoms with Crippen LogP contribution in [-0.2, 0) is 4.79 Å². The highest BCUT2D eigenvalue weighted by atomic mass is 32.1. The maximum Gasteiger partial charge on any atom is 0.220 e. The number of thiol groups is 1. The summed E-state index contributed by atoms with van der Waals surface area (Å²) < 4.78 is 0. The molecule has 2 rings (SSSR count). The molecule has 0 aliphatic heterocycles. The van der Waals surface area contributed by atoms with Crippen LogP contribution >= 0.6 is 12.6 Å². The third-order valence-corrected chi connectivity index (χ3v) is 4.16. The van der Waals surface area contributed by atoms with E-state index in [1.54, 1.807) is 0 Å². The third kappa shape index (κ3) is 2.92. The number of carbonyl (C=O) groups excluding carboxylic acids is 1. The second-order valence-corrected chi connectivity index (χ2v) is 5.88. The largest absolute Gasteiger partial charge is 0.388 e. The van der Waals surface area contributed by atoms with Crippen LogP contribution < -0.4 is 5.32 Å². The number of amides is 1. The summed E-state index contributed by atoms with van der Waals surface area (Å²) in [5.41, 5.74) is -0.643. The number of hydrogen-bond acceptors (Lipinski definition) is 3. The zero-order valence-corrected chi connectivity index (χ0v) is 10.5. The van der Waals surface area contributed by atoms with E-state index in [0.29, 0.717) is 30.6 Å². The molecule has 2 unspecified atom stereocenters. The zero-order valence-electron chi connectivity index (χ0n) is 9.61. The van der Waals surface area contributed by atoms with Gasteiger partial charge in [0.05, 0.1) is 5.60 Å². The lowest BCUT2D eigenvalue weighted by atomic mass is 9.77. The third-order valence-electron chi connectivity index (χ3n) is 3.94. The first kappa shape index (κ1) is 12.2. The summed E-state index contributed by atoms with van der Waals surface area (Å²) in [5, 5.41) is 13.3. The molecule has 1 amide bonds. The molecule has 2 fully saturated rings. The van der Waals surface area contributed by atoms with E-state index in [2.05, 4.69) is 17.9 Å². The van der Waals surface area contributed by atoms with Gasteiger partial charge in [-0.3, -0.25) is 4.79 Å². The molecule has 0 aromatic heterocycles. The SMILES string of the molecule is O=C(CCS)NCC1(O)CC2CCC(C2)C1. The van der Waals surface area contributed by atoms with Crippen molar-refractivity contribution in [1.29, 1.82) is 0 Å². The van der Waals surface area contributed by atoms with Crippen molar-refractivity contribution in [2.24, 2.45) is 11.8 Å². The van der Waals surface area contributed by atoms with Crippen LogP contribution in [0.4, 0.5) is 0 Å². The first-order valence-corrected chi connectivity index (χ1v) is 6.84. The quantitative estimate of drug-likeness (QED) is 0.653. The van der Waals surface area contributed by atoms with Gasteiger partial charge in [-0.25, -0.2) is 0 Å². The Bertz CT molecular complexity index is 258. The second kappa shape index (κ2) is 4.96. The molecule has 2 bridgehead atoms. The van der Waals surface area contributed by atoms with Crippen LogP contribution in [0.3, 0.4) is 0 Å². The molecular formula is C12H21NO2S. The maximum atomic E-state index is 11.3. The van der Waals surface area contributed by atoms with Crippen LogP contribution in [0.1, 0.15) is 38.5 Å². The average Bonchev–Trinajstić information content (AvgIpc) is 2.57. The van der Waals surface area contributed by atoms with Gasteiger partial charge in [-0.1, -0.05) is 12.8 Å². The summed E-state index contributed by atoms with van der Waals surface area (Å²) >= 11 is 4.02. The molecule has 16 heavy (non-hydrogen) atoms. The fourth-order valence-corrected chi connectivity index (χ4v) is 3.51. The predicted octanol–water partition coefficient (Wildman–Crippen LogP) is 1.36. The fraction of sp³-hybridized carbons (Fsp3) is 0.917. The number of aliphatic hydroxyl groups is 1. The Morgan fingerprint density at radius 3 is 2.56 bits per heavy atom. The first-order valence-electron chi connectivity index (χ1n) is 6.21. The molecule has 2 aliphatic rings. The molecule has 0 heterocycles. The molecule has 0 spiro atoms. The van der Waals surface area contributed by atoms with Gasteiger partial charge >= 0.3 is 0 Å². The monoisotopic (exact) mass is 243 g/mol. The normalized spacial score (nSPS) is 37.4. The van der Waals surface area contributed by atoms with E-state index >= 15 is 0 Å². The topological polar surface area (TPSA) is 49.3 Å². The fourth-order valence-electron chi connectivity index (χ4n) is 3.30. The zero-order chi connectivity index (χ0) is 11.6. The van der Waals surface area contributed by atoms with Gasteiger partial charge in [-0.05, 0) is 36.9 Å². The summed E-state index contributed by atoms with van der Waals surface area (Å²) in [6.45, 7) is 0.423. The molecule has 3 nitrogen and oxygen atoms in total. The summed E-state index contributed by atoms with van der Waals surface area (Å²) in [7, 11) is 0. The molecule has 92 valence electrons. The minimum atomic E-state index is -0.643. The van der Waals surface area contributed by atoms with Gasteiger partial charge < -0.3 is 10.4 Å². The Kier molecular flexibility index (Phi) is 3.80. The Hall–Kier alpha value is -0.220. The van der Waals surface area contributed by atoms with Crippen molar-refractivity contribution in [2.75, 3.05) is 12.3 Å². The molecule has 2 aliphatic carbocycles.